The maximum atomic E-state index is 8.65. The van der Waals surface area contributed by atoms with Crippen LogP contribution in [0.4, 0.5) is 5.69 Å². The summed E-state index contributed by atoms with van der Waals surface area (Å²) in [4.78, 5) is 5.38. The first-order valence-corrected chi connectivity index (χ1v) is 6.36. The molecule has 0 radical (unpaired) electrons. The summed E-state index contributed by atoms with van der Waals surface area (Å²) < 4.78 is 0. The zero-order valence-electron chi connectivity index (χ0n) is 9.60. The average molecular weight is 243 g/mol. The lowest BCUT2D eigenvalue weighted by molar-refractivity contribution is 1.08. The maximum absolute atomic E-state index is 8.65. The van der Waals surface area contributed by atoms with E-state index in [0.717, 1.165) is 18.7 Å². The number of aromatic nitrogens is 1. The van der Waals surface area contributed by atoms with Crippen LogP contribution in [0.5, 0.6) is 0 Å². The van der Waals surface area contributed by atoms with Crippen molar-refractivity contribution in [1.29, 1.82) is 5.26 Å². The van der Waals surface area contributed by atoms with E-state index in [1.807, 2.05) is 12.1 Å². The van der Waals surface area contributed by atoms with Gasteiger partial charge in [-0.25, -0.2) is 4.98 Å². The summed E-state index contributed by atoms with van der Waals surface area (Å²) in [5.74, 6) is 0. The van der Waals surface area contributed by atoms with Crippen LogP contribution in [0.15, 0.2) is 29.8 Å². The summed E-state index contributed by atoms with van der Waals surface area (Å²) in [5, 5.41) is 14.1. The molecule has 0 aliphatic carbocycles. The summed E-state index contributed by atoms with van der Waals surface area (Å²) in [6.45, 7) is 2.98. The van der Waals surface area contributed by atoms with E-state index < -0.39 is 0 Å². The fourth-order valence-electron chi connectivity index (χ4n) is 1.58. The van der Waals surface area contributed by atoms with Crippen molar-refractivity contribution in [2.45, 2.75) is 19.9 Å². The van der Waals surface area contributed by atoms with Gasteiger partial charge in [-0.05, 0) is 35.6 Å². The lowest BCUT2D eigenvalue weighted by atomic mass is 10.2. The van der Waals surface area contributed by atoms with Crippen LogP contribution in [0.2, 0.25) is 0 Å². The van der Waals surface area contributed by atoms with Crippen LogP contribution in [-0.4, -0.2) is 4.98 Å². The Morgan fingerprint density at radius 2 is 2.29 bits per heavy atom. The largest absolute Gasteiger partial charge is 0.379 e. The highest BCUT2D eigenvalue weighted by atomic mass is 32.1. The minimum Gasteiger partial charge on any atom is -0.379 e. The zero-order chi connectivity index (χ0) is 12.1. The number of thiophene rings is 1. The van der Waals surface area contributed by atoms with Crippen LogP contribution in [0, 0.1) is 11.3 Å². The lowest BCUT2D eigenvalue weighted by Gasteiger charge is -2.05. The molecule has 0 aliphatic heterocycles. The maximum Gasteiger partial charge on any atom is 0.140 e. The molecule has 3 nitrogen and oxygen atoms in total. The molecule has 4 heteroatoms. The fraction of sp³-hybridized carbons (Fsp3) is 0.231. The van der Waals surface area contributed by atoms with E-state index in [4.69, 9.17) is 5.26 Å². The van der Waals surface area contributed by atoms with Crippen molar-refractivity contribution in [2.75, 3.05) is 5.32 Å². The van der Waals surface area contributed by atoms with Crippen molar-refractivity contribution < 1.29 is 0 Å². The number of hydrogen-bond acceptors (Lipinski definition) is 4. The van der Waals surface area contributed by atoms with Gasteiger partial charge in [0.15, 0.2) is 0 Å². The predicted octanol–water partition coefficient (Wildman–Crippen LogP) is 3.19. The first-order chi connectivity index (χ1) is 8.33. The van der Waals surface area contributed by atoms with Gasteiger partial charge in [-0.1, -0.05) is 6.92 Å². The van der Waals surface area contributed by atoms with Crippen LogP contribution in [0.3, 0.4) is 0 Å². The monoisotopic (exact) mass is 243 g/mol. The molecule has 0 saturated heterocycles. The van der Waals surface area contributed by atoms with Gasteiger partial charge in [0.05, 0.1) is 11.9 Å². The number of hydrogen-bond donors (Lipinski definition) is 1. The Morgan fingerprint density at radius 3 is 2.94 bits per heavy atom. The Morgan fingerprint density at radius 1 is 1.41 bits per heavy atom. The van der Waals surface area contributed by atoms with Gasteiger partial charge in [0.25, 0.3) is 0 Å². The van der Waals surface area contributed by atoms with Gasteiger partial charge in [0.1, 0.15) is 11.8 Å². The highest BCUT2D eigenvalue weighted by Gasteiger charge is 2.02. The molecule has 86 valence electrons. The molecule has 2 heterocycles. The second-order valence-corrected chi connectivity index (χ2v) is 4.62. The van der Waals surface area contributed by atoms with Gasteiger partial charge in [-0.15, -0.1) is 11.3 Å². The van der Waals surface area contributed by atoms with Crippen LogP contribution < -0.4 is 5.32 Å². The Labute approximate surface area is 105 Å². The molecule has 0 atom stereocenters. The fourth-order valence-corrected chi connectivity index (χ4v) is 2.50. The number of nitriles is 1. The molecule has 0 fully saturated rings. The molecule has 2 aromatic heterocycles. The molecule has 0 saturated carbocycles. The second kappa shape index (κ2) is 5.46. The summed E-state index contributed by atoms with van der Waals surface area (Å²) in [7, 11) is 0. The van der Waals surface area contributed by atoms with Crippen molar-refractivity contribution in [3.8, 4) is 6.07 Å². The summed E-state index contributed by atoms with van der Waals surface area (Å²) in [5.41, 5.74) is 2.78. The molecule has 2 aromatic rings. The van der Waals surface area contributed by atoms with Gasteiger partial charge in [-0.2, -0.15) is 5.26 Å². The first kappa shape index (κ1) is 11.6. The SMILES string of the molecule is CCc1ccsc1CNc1ccc(C#N)nc1. The number of aryl methyl sites for hydroxylation is 1. The van der Waals surface area contributed by atoms with E-state index in [1.165, 1.54) is 10.4 Å². The van der Waals surface area contributed by atoms with Gasteiger partial charge < -0.3 is 5.32 Å². The van der Waals surface area contributed by atoms with Crippen molar-refractivity contribution >= 4 is 17.0 Å². The molecule has 0 spiro atoms. The van der Waals surface area contributed by atoms with E-state index in [-0.39, 0.29) is 0 Å². The molecular formula is C13H13N3S. The molecular weight excluding hydrogens is 230 g/mol. The lowest BCUT2D eigenvalue weighted by Crippen LogP contribution is -2.00. The average Bonchev–Trinajstić information content (AvgIpc) is 2.84. The highest BCUT2D eigenvalue weighted by molar-refractivity contribution is 7.10. The van der Waals surface area contributed by atoms with Crippen molar-refractivity contribution in [3.05, 3.63) is 45.9 Å². The first-order valence-electron chi connectivity index (χ1n) is 5.48. The van der Waals surface area contributed by atoms with Crippen molar-refractivity contribution in [3.63, 3.8) is 0 Å². The molecule has 0 unspecified atom stereocenters. The van der Waals surface area contributed by atoms with Crippen molar-refractivity contribution in [1.82, 2.24) is 4.98 Å². The van der Waals surface area contributed by atoms with E-state index in [9.17, 15) is 0 Å². The number of nitrogens with one attached hydrogen (secondary N) is 1. The molecule has 0 aromatic carbocycles. The van der Waals surface area contributed by atoms with Crippen LogP contribution >= 0.6 is 11.3 Å². The Kier molecular flexibility index (Phi) is 3.73. The number of nitrogens with zero attached hydrogens (tertiary/aromatic N) is 2. The van der Waals surface area contributed by atoms with Crippen LogP contribution in [0.25, 0.3) is 0 Å². The summed E-state index contributed by atoms with van der Waals surface area (Å²) in [6.07, 6.45) is 2.75. The second-order valence-electron chi connectivity index (χ2n) is 3.62. The molecule has 0 amide bonds. The summed E-state index contributed by atoms with van der Waals surface area (Å²) in [6, 6.07) is 7.77. The van der Waals surface area contributed by atoms with Crippen LogP contribution in [0.1, 0.15) is 23.1 Å². The zero-order valence-corrected chi connectivity index (χ0v) is 10.4. The molecule has 17 heavy (non-hydrogen) atoms. The summed E-state index contributed by atoms with van der Waals surface area (Å²) >= 11 is 1.77. The number of anilines is 1. The highest BCUT2D eigenvalue weighted by Crippen LogP contribution is 2.18. The molecule has 2 rings (SSSR count). The van der Waals surface area contributed by atoms with E-state index in [2.05, 4.69) is 28.7 Å². The number of pyridine rings is 1. The van der Waals surface area contributed by atoms with Crippen molar-refractivity contribution in [2.24, 2.45) is 0 Å². The quantitative estimate of drug-likeness (QED) is 0.897. The minimum absolute atomic E-state index is 0.445. The predicted molar refractivity (Wildman–Crippen MR) is 70.0 cm³/mol. The molecule has 0 bridgehead atoms. The van der Waals surface area contributed by atoms with Gasteiger partial charge in [-0.3, -0.25) is 0 Å². The van der Waals surface area contributed by atoms with Crippen LogP contribution in [-0.2, 0) is 13.0 Å². The minimum atomic E-state index is 0.445. The van der Waals surface area contributed by atoms with Gasteiger partial charge in [0.2, 0.25) is 0 Å². The Hall–Kier alpha value is -1.86. The third-order valence-corrected chi connectivity index (χ3v) is 3.51. The van der Waals surface area contributed by atoms with E-state index in [0.29, 0.717) is 5.69 Å². The Balaban J connectivity index is 2.00. The normalized spacial score (nSPS) is 9.88. The standard InChI is InChI=1S/C13H13N3S/c1-2-10-5-6-17-13(10)9-16-12-4-3-11(7-14)15-8-12/h3-6,8,16H,2,9H2,1H3. The third-order valence-electron chi connectivity index (χ3n) is 2.55. The third kappa shape index (κ3) is 2.83. The van der Waals surface area contributed by atoms with E-state index >= 15 is 0 Å². The smallest absolute Gasteiger partial charge is 0.140 e. The van der Waals surface area contributed by atoms with Gasteiger partial charge >= 0.3 is 0 Å². The molecule has 0 aliphatic rings. The number of rotatable bonds is 4. The topological polar surface area (TPSA) is 48.7 Å². The molecule has 1 N–H and O–H groups in total. The van der Waals surface area contributed by atoms with E-state index in [1.54, 1.807) is 23.6 Å². The van der Waals surface area contributed by atoms with Gasteiger partial charge in [0, 0.05) is 11.4 Å². The Bertz CT molecular complexity index is 522.